The Labute approximate surface area is 85.4 Å². The molecule has 0 aliphatic carbocycles. The molecule has 13 heavy (non-hydrogen) atoms. The van der Waals surface area contributed by atoms with Gasteiger partial charge in [-0.1, -0.05) is 23.2 Å². The summed E-state index contributed by atoms with van der Waals surface area (Å²) in [5.74, 6) is -0.335. The molecule has 0 aliphatic rings. The summed E-state index contributed by atoms with van der Waals surface area (Å²) in [7, 11) is 0. The summed E-state index contributed by atoms with van der Waals surface area (Å²) in [6.45, 7) is 1.27. The number of carbonyl (C=O) groups is 1. The van der Waals surface area contributed by atoms with Gasteiger partial charge in [0.05, 0.1) is 10.0 Å². The topological polar surface area (TPSA) is 52.3 Å². The van der Waals surface area contributed by atoms with Crippen LogP contribution in [0, 0.1) is 0 Å². The second-order valence-corrected chi connectivity index (χ2v) is 3.22. The van der Waals surface area contributed by atoms with Crippen LogP contribution in [0.1, 0.15) is 6.92 Å². The fourth-order valence-corrected chi connectivity index (χ4v) is 1.40. The number of nitrogens with two attached hydrogens (primary N) is 1. The predicted octanol–water partition coefficient (Wildman–Crippen LogP) is 2.50. The molecule has 2 N–H and O–H groups in total. The van der Waals surface area contributed by atoms with E-state index in [4.69, 9.17) is 33.7 Å². The summed E-state index contributed by atoms with van der Waals surface area (Å²) in [5.41, 5.74) is 5.87. The van der Waals surface area contributed by atoms with E-state index in [0.717, 1.165) is 0 Å². The lowest BCUT2D eigenvalue weighted by Crippen LogP contribution is -2.02. The van der Waals surface area contributed by atoms with Crippen molar-refractivity contribution in [3.8, 4) is 5.75 Å². The minimum absolute atomic E-state index is 0.144. The highest BCUT2D eigenvalue weighted by molar-refractivity contribution is 6.37. The molecule has 0 amide bonds. The molecule has 0 spiro atoms. The van der Waals surface area contributed by atoms with Gasteiger partial charge in [0.25, 0.3) is 0 Å². The van der Waals surface area contributed by atoms with Crippen molar-refractivity contribution in [2.24, 2.45) is 0 Å². The van der Waals surface area contributed by atoms with Crippen LogP contribution in [-0.4, -0.2) is 5.97 Å². The fraction of sp³-hybridized carbons (Fsp3) is 0.125. The smallest absolute Gasteiger partial charge is 0.308 e. The first-order valence-electron chi connectivity index (χ1n) is 3.43. The van der Waals surface area contributed by atoms with Gasteiger partial charge in [-0.3, -0.25) is 4.79 Å². The van der Waals surface area contributed by atoms with Crippen molar-refractivity contribution in [1.82, 2.24) is 0 Å². The molecule has 0 heterocycles. The summed E-state index contributed by atoms with van der Waals surface area (Å²) in [6, 6.07) is 2.93. The number of benzene rings is 1. The van der Waals surface area contributed by atoms with Crippen molar-refractivity contribution in [3.05, 3.63) is 22.2 Å². The number of hydrogen-bond donors (Lipinski definition) is 1. The second kappa shape index (κ2) is 3.85. The number of hydrogen-bond acceptors (Lipinski definition) is 3. The number of nitrogen functional groups attached to an aromatic ring is 1. The minimum atomic E-state index is -0.478. The lowest BCUT2D eigenvalue weighted by atomic mass is 10.3. The van der Waals surface area contributed by atoms with Gasteiger partial charge >= 0.3 is 5.97 Å². The number of carbonyl (C=O) groups excluding carboxylic acids is 1. The molecule has 0 atom stereocenters. The summed E-state index contributed by atoms with van der Waals surface area (Å²) < 4.78 is 4.77. The van der Waals surface area contributed by atoms with Crippen molar-refractivity contribution in [1.29, 1.82) is 0 Å². The van der Waals surface area contributed by atoms with Crippen molar-refractivity contribution in [3.63, 3.8) is 0 Å². The van der Waals surface area contributed by atoms with E-state index in [1.807, 2.05) is 0 Å². The molecule has 0 saturated carbocycles. The third kappa shape index (κ3) is 2.50. The molecule has 1 aromatic rings. The third-order valence-electron chi connectivity index (χ3n) is 1.27. The highest BCUT2D eigenvalue weighted by Crippen LogP contribution is 2.34. The van der Waals surface area contributed by atoms with E-state index in [-0.39, 0.29) is 15.8 Å². The number of rotatable bonds is 1. The summed E-state index contributed by atoms with van der Waals surface area (Å²) in [6.07, 6.45) is 0. The number of ether oxygens (including phenoxy) is 1. The van der Waals surface area contributed by atoms with Gasteiger partial charge in [0.1, 0.15) is 0 Å². The predicted molar refractivity (Wildman–Crippen MR) is 52.2 cm³/mol. The fourth-order valence-electron chi connectivity index (χ4n) is 0.821. The Morgan fingerprint density at radius 1 is 1.38 bits per heavy atom. The average molecular weight is 220 g/mol. The maximum Gasteiger partial charge on any atom is 0.308 e. The van der Waals surface area contributed by atoms with Crippen molar-refractivity contribution < 1.29 is 9.53 Å². The number of anilines is 1. The molecular formula is C8H7Cl2NO2. The molecule has 0 aromatic heterocycles. The van der Waals surface area contributed by atoms with Crippen molar-refractivity contribution in [2.75, 3.05) is 5.73 Å². The first kappa shape index (κ1) is 10.2. The zero-order valence-electron chi connectivity index (χ0n) is 6.80. The van der Waals surface area contributed by atoms with Crippen molar-refractivity contribution >= 4 is 34.9 Å². The maximum absolute atomic E-state index is 10.6. The Morgan fingerprint density at radius 2 is 1.85 bits per heavy atom. The molecule has 0 saturated heterocycles. The highest BCUT2D eigenvalue weighted by atomic mass is 35.5. The quantitative estimate of drug-likeness (QED) is 0.449. The van der Waals surface area contributed by atoms with Crippen LogP contribution in [0.5, 0.6) is 5.75 Å². The molecule has 1 aromatic carbocycles. The van der Waals surface area contributed by atoms with Gasteiger partial charge in [0.2, 0.25) is 0 Å². The zero-order valence-corrected chi connectivity index (χ0v) is 8.32. The van der Waals surface area contributed by atoms with E-state index < -0.39 is 5.97 Å². The number of halogens is 2. The van der Waals surface area contributed by atoms with Gasteiger partial charge in [-0.2, -0.15) is 0 Å². The van der Waals surface area contributed by atoms with Crippen LogP contribution in [0.2, 0.25) is 10.0 Å². The van der Waals surface area contributed by atoms with Crippen LogP contribution < -0.4 is 10.5 Å². The molecular weight excluding hydrogens is 213 g/mol. The van der Waals surface area contributed by atoms with E-state index in [1.165, 1.54) is 19.1 Å². The second-order valence-electron chi connectivity index (χ2n) is 2.41. The first-order valence-corrected chi connectivity index (χ1v) is 4.19. The number of esters is 1. The maximum atomic E-state index is 10.6. The summed E-state index contributed by atoms with van der Waals surface area (Å²) in [5, 5.41) is 0.445. The Morgan fingerprint density at radius 3 is 2.23 bits per heavy atom. The molecule has 0 aliphatic heterocycles. The standard InChI is InChI=1S/C8H7Cl2NO2/c1-4(12)13-8-6(9)2-5(11)3-7(8)10/h2-3H,11H2,1H3. The van der Waals surface area contributed by atoms with E-state index in [1.54, 1.807) is 0 Å². The Balaban J connectivity index is 3.13. The molecule has 1 rings (SSSR count). The van der Waals surface area contributed by atoms with Crippen LogP contribution in [0.3, 0.4) is 0 Å². The summed E-state index contributed by atoms with van der Waals surface area (Å²) in [4.78, 5) is 10.6. The molecule has 3 nitrogen and oxygen atoms in total. The lowest BCUT2D eigenvalue weighted by Gasteiger charge is -2.06. The van der Waals surface area contributed by atoms with Crippen LogP contribution in [0.15, 0.2) is 12.1 Å². The van der Waals surface area contributed by atoms with E-state index in [0.29, 0.717) is 5.69 Å². The zero-order chi connectivity index (χ0) is 10.0. The molecule has 0 radical (unpaired) electrons. The largest absolute Gasteiger partial charge is 0.424 e. The van der Waals surface area contributed by atoms with E-state index >= 15 is 0 Å². The molecule has 0 fully saturated rings. The first-order chi connectivity index (χ1) is 6.00. The van der Waals surface area contributed by atoms with Gasteiger partial charge in [-0.25, -0.2) is 0 Å². The Kier molecular flexibility index (Phi) is 3.01. The van der Waals surface area contributed by atoms with Crippen LogP contribution >= 0.6 is 23.2 Å². The Bertz CT molecular complexity index is 329. The minimum Gasteiger partial charge on any atom is -0.424 e. The molecule has 0 bridgehead atoms. The molecule has 70 valence electrons. The SMILES string of the molecule is CC(=O)Oc1c(Cl)cc(N)cc1Cl. The van der Waals surface area contributed by atoms with E-state index in [2.05, 4.69) is 0 Å². The van der Waals surface area contributed by atoms with Gasteiger partial charge in [-0.15, -0.1) is 0 Å². The van der Waals surface area contributed by atoms with Gasteiger partial charge in [0.15, 0.2) is 5.75 Å². The highest BCUT2D eigenvalue weighted by Gasteiger charge is 2.10. The van der Waals surface area contributed by atoms with E-state index in [9.17, 15) is 4.79 Å². The van der Waals surface area contributed by atoms with Gasteiger partial charge in [0, 0.05) is 12.6 Å². The normalized spacial score (nSPS) is 9.77. The summed E-state index contributed by atoms with van der Waals surface area (Å²) >= 11 is 11.5. The monoisotopic (exact) mass is 219 g/mol. The Hall–Kier alpha value is -0.930. The molecule has 0 unspecified atom stereocenters. The van der Waals surface area contributed by atoms with Crippen LogP contribution in [0.25, 0.3) is 0 Å². The van der Waals surface area contributed by atoms with Gasteiger partial charge in [-0.05, 0) is 12.1 Å². The molecule has 5 heteroatoms. The average Bonchev–Trinajstić information content (AvgIpc) is 1.96. The van der Waals surface area contributed by atoms with Crippen molar-refractivity contribution in [2.45, 2.75) is 6.92 Å². The third-order valence-corrected chi connectivity index (χ3v) is 1.83. The van der Waals surface area contributed by atoms with Crippen LogP contribution in [-0.2, 0) is 4.79 Å². The van der Waals surface area contributed by atoms with Gasteiger partial charge < -0.3 is 10.5 Å². The van der Waals surface area contributed by atoms with Crippen LogP contribution in [0.4, 0.5) is 5.69 Å². The lowest BCUT2D eigenvalue weighted by molar-refractivity contribution is -0.131.